The fourth-order valence-corrected chi connectivity index (χ4v) is 6.27. The number of benzene rings is 3. The smallest absolute Gasteiger partial charge is 0.240 e. The van der Waals surface area contributed by atoms with E-state index in [1.54, 1.807) is 12.0 Å². The summed E-state index contributed by atoms with van der Waals surface area (Å²) in [6.45, 7) is 4.70. The van der Waals surface area contributed by atoms with Gasteiger partial charge in [-0.05, 0) is 48.7 Å². The number of methoxy groups -OCH3 is 1. The molecule has 2 amide bonds. The van der Waals surface area contributed by atoms with Crippen molar-refractivity contribution in [2.75, 3.05) is 37.5 Å². The number of thioether (sulfide) groups is 1. The molecule has 3 aromatic carbocycles. The monoisotopic (exact) mass is 574 g/mol. The van der Waals surface area contributed by atoms with E-state index in [2.05, 4.69) is 18.3 Å². The average molecular weight is 575 g/mol. The Labute approximate surface area is 243 Å². The first-order valence-electron chi connectivity index (χ1n) is 13.1. The molecule has 0 radical (unpaired) electrons. The minimum absolute atomic E-state index is 0.136. The molecule has 1 aromatic heterocycles. The average Bonchev–Trinajstić information content (AvgIpc) is 3.27. The summed E-state index contributed by atoms with van der Waals surface area (Å²) in [5.74, 6) is 0.355. The van der Waals surface area contributed by atoms with E-state index in [1.807, 2.05) is 78.3 Å². The summed E-state index contributed by atoms with van der Waals surface area (Å²) < 4.78 is 6.92. The molecule has 0 fully saturated rings. The van der Waals surface area contributed by atoms with E-state index in [0.29, 0.717) is 24.0 Å². The summed E-state index contributed by atoms with van der Waals surface area (Å²) >= 11 is 7.96. The van der Waals surface area contributed by atoms with Gasteiger partial charge in [-0.3, -0.25) is 14.5 Å². The number of fused-ring (bicyclic) bond motifs is 1. The number of anilines is 1. The highest BCUT2D eigenvalue weighted by Gasteiger charge is 2.38. The molecular formula is C31H31ClN4O3S. The minimum Gasteiger partial charge on any atom is -0.383 e. The van der Waals surface area contributed by atoms with Crippen molar-refractivity contribution in [2.24, 2.45) is 0 Å². The molecule has 40 heavy (non-hydrogen) atoms. The predicted molar refractivity (Wildman–Crippen MR) is 161 cm³/mol. The zero-order valence-corrected chi connectivity index (χ0v) is 24.3. The molecule has 0 aliphatic carbocycles. The molecule has 1 aliphatic heterocycles. The lowest BCUT2D eigenvalue weighted by Crippen LogP contribution is -2.43. The maximum Gasteiger partial charge on any atom is 0.240 e. The Hall–Kier alpha value is -3.59. The standard InChI is InChI=1S/C31H31ClN4O3S/c1-20-9-7-14-25(21(20)2)36-31-28(29(34-36)22-10-5-4-6-11-22)30(23-12-8-13-24(32)17-23)40-19-27(38)35(31)18-26(37)33-15-16-39-3/h4-14,17,30H,15-16,18-19H2,1-3H3,(H,33,37). The van der Waals surface area contributed by atoms with Crippen molar-refractivity contribution in [1.29, 1.82) is 0 Å². The number of aromatic nitrogens is 2. The molecule has 9 heteroatoms. The summed E-state index contributed by atoms with van der Waals surface area (Å²) in [6.07, 6.45) is 0. The van der Waals surface area contributed by atoms with Crippen molar-refractivity contribution in [3.63, 3.8) is 0 Å². The van der Waals surface area contributed by atoms with Crippen LogP contribution in [0, 0.1) is 13.8 Å². The van der Waals surface area contributed by atoms with Gasteiger partial charge in [0, 0.05) is 29.8 Å². The Morgan fingerprint density at radius 3 is 2.62 bits per heavy atom. The highest BCUT2D eigenvalue weighted by molar-refractivity contribution is 8.00. The Balaban J connectivity index is 1.78. The lowest BCUT2D eigenvalue weighted by atomic mass is 9.99. The molecule has 7 nitrogen and oxygen atoms in total. The van der Waals surface area contributed by atoms with Gasteiger partial charge in [0.15, 0.2) is 0 Å². The summed E-state index contributed by atoms with van der Waals surface area (Å²) in [6, 6.07) is 23.7. The first kappa shape index (κ1) is 28.0. The molecule has 0 saturated heterocycles. The van der Waals surface area contributed by atoms with Crippen molar-refractivity contribution in [1.82, 2.24) is 15.1 Å². The summed E-state index contributed by atoms with van der Waals surface area (Å²) in [4.78, 5) is 28.5. The van der Waals surface area contributed by atoms with E-state index in [4.69, 9.17) is 21.4 Å². The molecule has 206 valence electrons. The van der Waals surface area contributed by atoms with Gasteiger partial charge in [-0.2, -0.15) is 5.10 Å². The van der Waals surface area contributed by atoms with Crippen LogP contribution in [-0.4, -0.2) is 54.2 Å². The third-order valence-electron chi connectivity index (χ3n) is 7.02. The molecule has 1 atom stereocenters. The number of ether oxygens (including phenoxy) is 1. The van der Waals surface area contributed by atoms with Gasteiger partial charge < -0.3 is 10.1 Å². The van der Waals surface area contributed by atoms with Gasteiger partial charge in [-0.1, -0.05) is 66.2 Å². The second kappa shape index (κ2) is 12.3. The van der Waals surface area contributed by atoms with Crippen LogP contribution in [-0.2, 0) is 14.3 Å². The van der Waals surface area contributed by atoms with Gasteiger partial charge in [0.2, 0.25) is 11.8 Å². The lowest BCUT2D eigenvalue weighted by Gasteiger charge is -2.24. The highest BCUT2D eigenvalue weighted by atomic mass is 35.5. The van der Waals surface area contributed by atoms with Crippen LogP contribution in [0.3, 0.4) is 0 Å². The number of rotatable bonds is 8. The van der Waals surface area contributed by atoms with Crippen molar-refractivity contribution in [3.8, 4) is 16.9 Å². The largest absolute Gasteiger partial charge is 0.383 e. The van der Waals surface area contributed by atoms with E-state index in [9.17, 15) is 9.59 Å². The van der Waals surface area contributed by atoms with Crippen LogP contribution < -0.4 is 10.2 Å². The molecule has 1 aliphatic rings. The molecule has 5 rings (SSSR count). The molecule has 1 unspecified atom stereocenters. The Kier molecular flexibility index (Phi) is 8.59. The lowest BCUT2D eigenvalue weighted by molar-refractivity contribution is -0.123. The molecule has 1 N–H and O–H groups in total. The number of nitrogens with zero attached hydrogens (tertiary/aromatic N) is 3. The third-order valence-corrected chi connectivity index (χ3v) is 8.51. The van der Waals surface area contributed by atoms with Gasteiger partial charge in [-0.25, -0.2) is 4.68 Å². The highest BCUT2D eigenvalue weighted by Crippen LogP contribution is 2.49. The number of halogens is 1. The number of carbonyl (C=O) groups is 2. The number of nitrogens with one attached hydrogen (secondary N) is 1. The number of aryl methyl sites for hydroxylation is 1. The van der Waals surface area contributed by atoms with Crippen LogP contribution in [0.2, 0.25) is 5.02 Å². The van der Waals surface area contributed by atoms with Gasteiger partial charge in [0.1, 0.15) is 12.4 Å². The Bertz CT molecular complexity index is 1540. The fraction of sp³-hybridized carbons (Fsp3) is 0.258. The maximum atomic E-state index is 13.8. The van der Waals surface area contributed by atoms with E-state index in [1.165, 1.54) is 11.8 Å². The predicted octanol–water partition coefficient (Wildman–Crippen LogP) is 5.74. The molecule has 0 saturated carbocycles. The van der Waals surface area contributed by atoms with Crippen LogP contribution in [0.5, 0.6) is 0 Å². The molecule has 4 aromatic rings. The van der Waals surface area contributed by atoms with Crippen molar-refractivity contribution < 1.29 is 14.3 Å². The minimum atomic E-state index is -0.266. The van der Waals surface area contributed by atoms with Gasteiger partial charge in [-0.15, -0.1) is 11.8 Å². The molecule has 0 spiro atoms. The first-order valence-corrected chi connectivity index (χ1v) is 14.5. The normalized spacial score (nSPS) is 15.1. The quantitative estimate of drug-likeness (QED) is 0.272. The van der Waals surface area contributed by atoms with E-state index >= 15 is 0 Å². The summed E-state index contributed by atoms with van der Waals surface area (Å²) in [7, 11) is 1.58. The zero-order valence-electron chi connectivity index (χ0n) is 22.7. The van der Waals surface area contributed by atoms with E-state index < -0.39 is 0 Å². The topological polar surface area (TPSA) is 76.5 Å². The van der Waals surface area contributed by atoms with E-state index in [0.717, 1.165) is 39.2 Å². The van der Waals surface area contributed by atoms with Gasteiger partial charge in [0.05, 0.1) is 29.0 Å². The fourth-order valence-electron chi connectivity index (χ4n) is 4.89. The van der Waals surface area contributed by atoms with Crippen molar-refractivity contribution >= 4 is 41.0 Å². The van der Waals surface area contributed by atoms with Crippen LogP contribution in [0.4, 0.5) is 5.82 Å². The second-order valence-corrected chi connectivity index (χ2v) is 11.2. The number of amides is 2. The van der Waals surface area contributed by atoms with Crippen LogP contribution >= 0.6 is 23.4 Å². The van der Waals surface area contributed by atoms with Crippen LogP contribution in [0.25, 0.3) is 16.9 Å². The maximum absolute atomic E-state index is 13.8. The SMILES string of the molecule is COCCNC(=O)CN1C(=O)CSC(c2cccc(Cl)c2)c2c(-c3ccccc3)nn(-c3cccc(C)c3C)c21. The number of hydrogen-bond acceptors (Lipinski definition) is 5. The van der Waals surface area contributed by atoms with Crippen molar-refractivity contribution in [2.45, 2.75) is 19.1 Å². The second-order valence-electron chi connectivity index (χ2n) is 9.65. The van der Waals surface area contributed by atoms with Gasteiger partial charge in [0.25, 0.3) is 0 Å². The molecular weight excluding hydrogens is 544 g/mol. The summed E-state index contributed by atoms with van der Waals surface area (Å²) in [5.41, 5.74) is 6.52. The summed E-state index contributed by atoms with van der Waals surface area (Å²) in [5, 5.41) is 8.40. The van der Waals surface area contributed by atoms with Crippen LogP contribution in [0.15, 0.2) is 72.8 Å². The van der Waals surface area contributed by atoms with Crippen LogP contribution in [0.1, 0.15) is 27.5 Å². The van der Waals surface area contributed by atoms with Crippen molar-refractivity contribution in [3.05, 3.63) is 100 Å². The Morgan fingerprint density at radius 1 is 1.10 bits per heavy atom. The number of hydrogen-bond donors (Lipinski definition) is 1. The number of carbonyl (C=O) groups excluding carboxylic acids is 2. The zero-order chi connectivity index (χ0) is 28.2. The van der Waals surface area contributed by atoms with E-state index in [-0.39, 0.29) is 29.4 Å². The first-order chi connectivity index (χ1) is 19.4. The Morgan fingerprint density at radius 2 is 1.88 bits per heavy atom. The molecule has 0 bridgehead atoms. The third kappa shape index (κ3) is 5.66. The van der Waals surface area contributed by atoms with Gasteiger partial charge >= 0.3 is 0 Å². The molecule has 2 heterocycles.